The highest BCUT2D eigenvalue weighted by Gasteiger charge is 2.23. The fourth-order valence-corrected chi connectivity index (χ4v) is 4.47. The summed E-state index contributed by atoms with van der Waals surface area (Å²) in [6.07, 6.45) is 1.07. The number of halogens is 1. The van der Waals surface area contributed by atoms with Crippen LogP contribution in [0.1, 0.15) is 55.0 Å². The van der Waals surface area contributed by atoms with Gasteiger partial charge in [-0.2, -0.15) is 0 Å². The molecule has 2 aromatic carbocycles. The lowest BCUT2D eigenvalue weighted by Gasteiger charge is -2.25. The Bertz CT molecular complexity index is 1070. The predicted molar refractivity (Wildman–Crippen MR) is 127 cm³/mol. The zero-order valence-corrected chi connectivity index (χ0v) is 20.7. The van der Waals surface area contributed by atoms with E-state index in [4.69, 9.17) is 16.3 Å². The molecule has 8 heteroatoms. The summed E-state index contributed by atoms with van der Waals surface area (Å²) >= 11 is 6.16. The van der Waals surface area contributed by atoms with Crippen LogP contribution in [0, 0.1) is 13.8 Å². The van der Waals surface area contributed by atoms with Crippen LogP contribution in [0.15, 0.2) is 30.3 Å². The van der Waals surface area contributed by atoms with Gasteiger partial charge in [0.15, 0.2) is 0 Å². The maximum atomic E-state index is 12.8. The molecule has 0 saturated heterocycles. The number of carbonyl (C=O) groups excluding carboxylic acids is 1. The number of hydrogen-bond acceptors (Lipinski definition) is 4. The van der Waals surface area contributed by atoms with Crippen molar-refractivity contribution in [1.29, 1.82) is 0 Å². The summed E-state index contributed by atoms with van der Waals surface area (Å²) in [5, 5.41) is 3.36. The number of nitrogens with zero attached hydrogens (tertiary/aromatic N) is 1. The van der Waals surface area contributed by atoms with Crippen LogP contribution >= 0.6 is 11.6 Å². The van der Waals surface area contributed by atoms with E-state index >= 15 is 0 Å². The Morgan fingerprint density at radius 1 is 1.10 bits per heavy atom. The minimum absolute atomic E-state index is 0.254. The van der Waals surface area contributed by atoms with E-state index in [-0.39, 0.29) is 18.5 Å². The number of sulfonamides is 1. The molecule has 0 bridgehead atoms. The standard InChI is InChI=1S/C23H31ClN2O4S/c1-14(2)19-12-20(16(4)10-22(19)30-6)17(5)25-23(27)13-26(31(7,28)29)18-9-8-15(3)21(24)11-18/h8-12,14,17H,13H2,1-7H3,(H,25,27). The Kier molecular flexibility index (Phi) is 8.00. The highest BCUT2D eigenvalue weighted by molar-refractivity contribution is 7.92. The number of aryl methyl sites for hydroxylation is 2. The first-order valence-electron chi connectivity index (χ1n) is 10.1. The first-order chi connectivity index (χ1) is 14.3. The van der Waals surface area contributed by atoms with Gasteiger partial charge in [0.25, 0.3) is 0 Å². The third-order valence-corrected chi connectivity index (χ3v) is 6.76. The van der Waals surface area contributed by atoms with Crippen molar-refractivity contribution in [2.24, 2.45) is 0 Å². The normalized spacial score (nSPS) is 12.5. The summed E-state index contributed by atoms with van der Waals surface area (Å²) < 4.78 is 31.3. The van der Waals surface area contributed by atoms with Crippen molar-refractivity contribution >= 4 is 33.2 Å². The highest BCUT2D eigenvalue weighted by atomic mass is 35.5. The second-order valence-corrected chi connectivity index (χ2v) is 10.4. The zero-order chi connectivity index (χ0) is 23.5. The smallest absolute Gasteiger partial charge is 0.241 e. The van der Waals surface area contributed by atoms with Crippen LogP contribution in [0.4, 0.5) is 5.69 Å². The van der Waals surface area contributed by atoms with Gasteiger partial charge < -0.3 is 10.1 Å². The molecular weight excluding hydrogens is 436 g/mol. The van der Waals surface area contributed by atoms with Crippen molar-refractivity contribution in [3.05, 3.63) is 57.6 Å². The second kappa shape index (κ2) is 9.92. The topological polar surface area (TPSA) is 75.7 Å². The first-order valence-corrected chi connectivity index (χ1v) is 12.3. The van der Waals surface area contributed by atoms with Crippen LogP contribution in [-0.2, 0) is 14.8 Å². The Morgan fingerprint density at radius 3 is 2.26 bits per heavy atom. The van der Waals surface area contributed by atoms with E-state index in [2.05, 4.69) is 19.2 Å². The molecule has 170 valence electrons. The lowest BCUT2D eigenvalue weighted by atomic mass is 9.93. The van der Waals surface area contributed by atoms with Gasteiger partial charge in [0, 0.05) is 5.02 Å². The number of rotatable bonds is 8. The Labute approximate surface area is 190 Å². The number of benzene rings is 2. The van der Waals surface area contributed by atoms with Crippen LogP contribution in [0.25, 0.3) is 0 Å². The van der Waals surface area contributed by atoms with Gasteiger partial charge in [0.05, 0.1) is 25.1 Å². The molecule has 0 fully saturated rings. The van der Waals surface area contributed by atoms with E-state index in [0.29, 0.717) is 10.7 Å². The summed E-state index contributed by atoms with van der Waals surface area (Å²) in [6, 6.07) is 8.62. The molecule has 2 rings (SSSR count). The predicted octanol–water partition coefficient (Wildman–Crippen LogP) is 4.73. The van der Waals surface area contributed by atoms with Crippen molar-refractivity contribution in [1.82, 2.24) is 5.32 Å². The average molecular weight is 467 g/mol. The van der Waals surface area contributed by atoms with Crippen LogP contribution in [0.5, 0.6) is 5.75 Å². The molecule has 0 aliphatic heterocycles. The van der Waals surface area contributed by atoms with E-state index in [1.54, 1.807) is 25.3 Å². The number of hydrogen-bond donors (Lipinski definition) is 1. The molecule has 0 aliphatic rings. The summed E-state index contributed by atoms with van der Waals surface area (Å²) in [4.78, 5) is 12.8. The van der Waals surface area contributed by atoms with Gasteiger partial charge in [0.1, 0.15) is 12.3 Å². The van der Waals surface area contributed by atoms with E-state index in [9.17, 15) is 13.2 Å². The van der Waals surface area contributed by atoms with Gasteiger partial charge in [0.2, 0.25) is 15.9 Å². The van der Waals surface area contributed by atoms with Gasteiger partial charge in [-0.1, -0.05) is 31.5 Å². The molecule has 31 heavy (non-hydrogen) atoms. The van der Waals surface area contributed by atoms with Crippen LogP contribution in [0.2, 0.25) is 5.02 Å². The Balaban J connectivity index is 2.27. The highest BCUT2D eigenvalue weighted by Crippen LogP contribution is 2.32. The monoisotopic (exact) mass is 466 g/mol. The molecule has 0 heterocycles. The van der Waals surface area contributed by atoms with E-state index < -0.39 is 15.9 Å². The number of carbonyl (C=O) groups is 1. The molecule has 1 amide bonds. The van der Waals surface area contributed by atoms with Crippen molar-refractivity contribution in [2.75, 3.05) is 24.2 Å². The molecule has 0 saturated carbocycles. The quantitative estimate of drug-likeness (QED) is 0.610. The third-order valence-electron chi connectivity index (χ3n) is 5.22. The minimum atomic E-state index is -3.68. The van der Waals surface area contributed by atoms with Crippen molar-refractivity contribution < 1.29 is 17.9 Å². The first kappa shape index (κ1) is 25.0. The number of anilines is 1. The molecular formula is C23H31ClN2O4S. The maximum Gasteiger partial charge on any atom is 0.241 e. The van der Waals surface area contributed by atoms with Crippen molar-refractivity contribution in [2.45, 2.75) is 46.6 Å². The number of nitrogens with one attached hydrogen (secondary N) is 1. The minimum Gasteiger partial charge on any atom is -0.496 e. The van der Waals surface area contributed by atoms with Gasteiger partial charge >= 0.3 is 0 Å². The van der Waals surface area contributed by atoms with E-state index in [1.807, 2.05) is 32.9 Å². The number of amides is 1. The molecule has 1 N–H and O–H groups in total. The van der Waals surface area contributed by atoms with Gasteiger partial charge in [-0.25, -0.2) is 8.42 Å². The van der Waals surface area contributed by atoms with E-state index in [0.717, 1.165) is 38.6 Å². The zero-order valence-electron chi connectivity index (χ0n) is 19.1. The maximum absolute atomic E-state index is 12.8. The molecule has 1 unspecified atom stereocenters. The van der Waals surface area contributed by atoms with E-state index in [1.165, 1.54) is 0 Å². The summed E-state index contributed by atoms with van der Waals surface area (Å²) in [7, 11) is -2.04. The van der Waals surface area contributed by atoms with Gasteiger partial charge in [-0.3, -0.25) is 9.10 Å². The van der Waals surface area contributed by atoms with Gasteiger partial charge in [-0.05, 0) is 73.2 Å². The van der Waals surface area contributed by atoms with Crippen LogP contribution in [-0.4, -0.2) is 34.2 Å². The Morgan fingerprint density at radius 2 is 1.74 bits per heavy atom. The lowest BCUT2D eigenvalue weighted by molar-refractivity contribution is -0.120. The molecule has 1 atom stereocenters. The van der Waals surface area contributed by atoms with Crippen LogP contribution < -0.4 is 14.4 Å². The molecule has 6 nitrogen and oxygen atoms in total. The molecule has 0 aliphatic carbocycles. The SMILES string of the molecule is COc1cc(C)c(C(C)NC(=O)CN(c2ccc(C)c(Cl)c2)S(C)(=O)=O)cc1C(C)C. The summed E-state index contributed by atoms with van der Waals surface area (Å²) in [5.74, 6) is 0.662. The lowest BCUT2D eigenvalue weighted by Crippen LogP contribution is -2.41. The van der Waals surface area contributed by atoms with Gasteiger partial charge in [-0.15, -0.1) is 0 Å². The second-order valence-electron chi connectivity index (χ2n) is 8.10. The molecule has 0 spiro atoms. The number of methoxy groups -OCH3 is 1. The average Bonchev–Trinajstić information content (AvgIpc) is 2.66. The molecule has 2 aromatic rings. The largest absolute Gasteiger partial charge is 0.496 e. The van der Waals surface area contributed by atoms with Crippen LogP contribution in [0.3, 0.4) is 0 Å². The summed E-state index contributed by atoms with van der Waals surface area (Å²) in [5.41, 5.74) is 4.18. The number of ether oxygens (including phenoxy) is 1. The van der Waals surface area contributed by atoms with Crippen molar-refractivity contribution in [3.63, 3.8) is 0 Å². The summed E-state index contributed by atoms with van der Waals surface area (Å²) in [6.45, 7) is 9.49. The molecule has 0 radical (unpaired) electrons. The third kappa shape index (κ3) is 6.14. The Hall–Kier alpha value is -2.25. The fourth-order valence-electron chi connectivity index (χ4n) is 3.44. The molecule has 0 aromatic heterocycles. The fraction of sp³-hybridized carbons (Fsp3) is 0.435. The van der Waals surface area contributed by atoms with Crippen molar-refractivity contribution in [3.8, 4) is 5.75 Å².